The van der Waals surface area contributed by atoms with Crippen LogP contribution in [-0.2, 0) is 4.79 Å². The minimum absolute atomic E-state index is 0.162. The zero-order valence-electron chi connectivity index (χ0n) is 9.24. The Labute approximate surface area is 99.8 Å². The molecule has 2 rings (SSSR count). The van der Waals surface area contributed by atoms with Crippen LogP contribution in [0.2, 0.25) is 0 Å². The number of piperidine rings is 1. The first-order valence-corrected chi connectivity index (χ1v) is 6.47. The maximum atomic E-state index is 10.6. The summed E-state index contributed by atoms with van der Waals surface area (Å²) in [7, 11) is 0. The Bertz CT molecular complexity index is 289. The van der Waals surface area contributed by atoms with Gasteiger partial charge in [0, 0.05) is 18.4 Å². The van der Waals surface area contributed by atoms with Gasteiger partial charge in [0.15, 0.2) is 11.7 Å². The van der Waals surface area contributed by atoms with E-state index in [0.717, 1.165) is 44.5 Å². The highest BCUT2D eigenvalue weighted by Crippen LogP contribution is 2.33. The summed E-state index contributed by atoms with van der Waals surface area (Å²) in [4.78, 5) is 10.6. The van der Waals surface area contributed by atoms with Crippen LogP contribution in [0.3, 0.4) is 0 Å². The molecule has 4 N–H and O–H groups in total. The molecule has 0 amide bonds. The van der Waals surface area contributed by atoms with Gasteiger partial charge >= 0.3 is 0 Å². The number of hydrogen-bond acceptors (Lipinski definition) is 6. The van der Waals surface area contributed by atoms with Gasteiger partial charge < -0.3 is 21.2 Å². The number of hydrogen-bond donors (Lipinski definition) is 3. The Morgan fingerprint density at radius 3 is 2.88 bits per heavy atom. The molecule has 0 aromatic heterocycles. The zero-order valence-corrected chi connectivity index (χ0v) is 10.1. The summed E-state index contributed by atoms with van der Waals surface area (Å²) >= 11 is 1.30. The van der Waals surface area contributed by atoms with Crippen LogP contribution in [0.5, 0.6) is 0 Å². The van der Waals surface area contributed by atoms with Gasteiger partial charge in [0.05, 0.1) is 0 Å². The van der Waals surface area contributed by atoms with E-state index in [-0.39, 0.29) is 10.8 Å². The summed E-state index contributed by atoms with van der Waals surface area (Å²) in [6.07, 6.45) is 3.92. The molecule has 0 aromatic carbocycles. The average molecular weight is 242 g/mol. The molecule has 0 aliphatic carbocycles. The van der Waals surface area contributed by atoms with Gasteiger partial charge in [0.1, 0.15) is 5.84 Å². The van der Waals surface area contributed by atoms with Crippen LogP contribution in [-0.4, -0.2) is 37.1 Å². The van der Waals surface area contributed by atoms with Crippen LogP contribution >= 0.6 is 11.9 Å². The summed E-state index contributed by atoms with van der Waals surface area (Å²) in [5, 5.41) is 6.26. The smallest absolute Gasteiger partial charge is 0.154 e. The number of rotatable bonds is 4. The predicted molar refractivity (Wildman–Crippen MR) is 66.2 cm³/mol. The molecule has 2 aliphatic heterocycles. The molecule has 6 heteroatoms. The van der Waals surface area contributed by atoms with E-state index in [1.807, 2.05) is 0 Å². The lowest BCUT2D eigenvalue weighted by atomic mass is 9.76. The third-order valence-corrected chi connectivity index (χ3v) is 4.13. The molecule has 5 nitrogen and oxygen atoms in total. The molecule has 0 bridgehead atoms. The maximum absolute atomic E-state index is 10.6. The largest absolute Gasteiger partial charge is 0.354 e. The first-order chi connectivity index (χ1) is 7.78. The molecular weight excluding hydrogens is 224 g/mol. The minimum Gasteiger partial charge on any atom is -0.354 e. The minimum atomic E-state index is -0.202. The van der Waals surface area contributed by atoms with Crippen molar-refractivity contribution < 1.29 is 4.79 Å². The summed E-state index contributed by atoms with van der Waals surface area (Å²) < 4.78 is 4.29. The van der Waals surface area contributed by atoms with Gasteiger partial charge in [-0.25, -0.2) is 4.40 Å². The fourth-order valence-electron chi connectivity index (χ4n) is 2.24. The van der Waals surface area contributed by atoms with E-state index in [2.05, 4.69) is 15.0 Å². The van der Waals surface area contributed by atoms with Crippen LogP contribution in [0.25, 0.3) is 0 Å². The SMILES string of the molecule is NCC1(CC2=NSC(C=O)N2)CCNCC1. The quantitative estimate of drug-likeness (QED) is 0.473. The summed E-state index contributed by atoms with van der Waals surface area (Å²) in [5.41, 5.74) is 6.06. The van der Waals surface area contributed by atoms with Crippen LogP contribution in [0.4, 0.5) is 0 Å². The molecule has 0 saturated carbocycles. The number of aldehydes is 1. The highest BCUT2D eigenvalue weighted by Gasteiger charge is 2.33. The van der Waals surface area contributed by atoms with Crippen molar-refractivity contribution in [3.05, 3.63) is 0 Å². The molecule has 1 saturated heterocycles. The summed E-state index contributed by atoms with van der Waals surface area (Å²) in [5.74, 6) is 0.925. The van der Waals surface area contributed by atoms with Gasteiger partial charge in [-0.15, -0.1) is 0 Å². The lowest BCUT2D eigenvalue weighted by Crippen LogP contribution is -2.44. The summed E-state index contributed by atoms with van der Waals surface area (Å²) in [6, 6.07) is 0. The fourth-order valence-corrected chi connectivity index (χ4v) is 2.84. The Hall–Kier alpha value is -0.590. The monoisotopic (exact) mass is 242 g/mol. The van der Waals surface area contributed by atoms with Crippen molar-refractivity contribution in [2.45, 2.75) is 24.6 Å². The number of nitrogens with zero attached hydrogens (tertiary/aromatic N) is 1. The van der Waals surface area contributed by atoms with Crippen molar-refractivity contribution in [2.24, 2.45) is 15.5 Å². The van der Waals surface area contributed by atoms with E-state index in [4.69, 9.17) is 5.73 Å². The molecule has 90 valence electrons. The molecule has 0 spiro atoms. The highest BCUT2D eigenvalue weighted by atomic mass is 32.2. The topological polar surface area (TPSA) is 79.5 Å². The number of carbonyl (C=O) groups is 1. The number of nitrogens with two attached hydrogens (primary N) is 1. The van der Waals surface area contributed by atoms with Gasteiger partial charge in [0.25, 0.3) is 0 Å². The van der Waals surface area contributed by atoms with Crippen LogP contribution in [0, 0.1) is 5.41 Å². The third kappa shape index (κ3) is 2.56. The predicted octanol–water partition coefficient (Wildman–Crippen LogP) is -0.120. The van der Waals surface area contributed by atoms with Gasteiger partial charge in [0.2, 0.25) is 0 Å². The van der Waals surface area contributed by atoms with Gasteiger partial charge in [-0.1, -0.05) is 0 Å². The van der Waals surface area contributed by atoms with Crippen molar-refractivity contribution in [3.8, 4) is 0 Å². The first kappa shape index (κ1) is 11.9. The van der Waals surface area contributed by atoms with Crippen molar-refractivity contribution in [3.63, 3.8) is 0 Å². The van der Waals surface area contributed by atoms with E-state index in [9.17, 15) is 4.79 Å². The Morgan fingerprint density at radius 1 is 1.56 bits per heavy atom. The lowest BCUT2D eigenvalue weighted by Gasteiger charge is -2.36. The molecule has 2 heterocycles. The second-order valence-electron chi connectivity index (χ2n) is 4.48. The van der Waals surface area contributed by atoms with Gasteiger partial charge in [-0.05, 0) is 37.9 Å². The maximum Gasteiger partial charge on any atom is 0.154 e. The molecule has 1 atom stereocenters. The van der Waals surface area contributed by atoms with Crippen molar-refractivity contribution in [1.82, 2.24) is 10.6 Å². The molecule has 1 fully saturated rings. The van der Waals surface area contributed by atoms with Gasteiger partial charge in [-0.2, -0.15) is 0 Å². The number of nitrogens with one attached hydrogen (secondary N) is 2. The standard InChI is InChI=1S/C10H18N4OS/c11-7-10(1-3-12-4-2-10)5-8-13-9(6-15)16-14-8/h6,9,12H,1-5,7,11H2,(H,13,14). The highest BCUT2D eigenvalue weighted by molar-refractivity contribution is 7.99. The molecule has 0 radical (unpaired) electrons. The first-order valence-electron chi connectivity index (χ1n) is 5.63. The molecule has 0 aromatic rings. The molecular formula is C10H18N4OS. The Morgan fingerprint density at radius 2 is 2.31 bits per heavy atom. The van der Waals surface area contributed by atoms with E-state index in [0.29, 0.717) is 6.54 Å². The summed E-state index contributed by atoms with van der Waals surface area (Å²) in [6.45, 7) is 2.73. The van der Waals surface area contributed by atoms with Crippen molar-refractivity contribution in [2.75, 3.05) is 19.6 Å². The van der Waals surface area contributed by atoms with Crippen molar-refractivity contribution in [1.29, 1.82) is 0 Å². The second kappa shape index (κ2) is 5.16. The normalized spacial score (nSPS) is 28.3. The molecule has 16 heavy (non-hydrogen) atoms. The van der Waals surface area contributed by atoms with Crippen LogP contribution in [0.1, 0.15) is 19.3 Å². The Kier molecular flexibility index (Phi) is 3.83. The average Bonchev–Trinajstić information content (AvgIpc) is 2.78. The number of amidine groups is 1. The molecule has 2 aliphatic rings. The van der Waals surface area contributed by atoms with E-state index >= 15 is 0 Å². The second-order valence-corrected chi connectivity index (χ2v) is 5.38. The third-order valence-electron chi connectivity index (χ3n) is 3.35. The fraction of sp³-hybridized carbons (Fsp3) is 0.800. The van der Waals surface area contributed by atoms with Crippen LogP contribution in [0.15, 0.2) is 4.40 Å². The lowest BCUT2D eigenvalue weighted by molar-refractivity contribution is -0.107. The van der Waals surface area contributed by atoms with Crippen molar-refractivity contribution >= 4 is 24.1 Å². The molecule has 1 unspecified atom stereocenters. The number of carbonyl (C=O) groups excluding carboxylic acids is 1. The Balaban J connectivity index is 1.94. The van der Waals surface area contributed by atoms with E-state index in [1.165, 1.54) is 11.9 Å². The van der Waals surface area contributed by atoms with Crippen LogP contribution < -0.4 is 16.4 Å². The van der Waals surface area contributed by atoms with E-state index < -0.39 is 0 Å². The zero-order chi connectivity index (χ0) is 11.4. The van der Waals surface area contributed by atoms with E-state index in [1.54, 1.807) is 0 Å². The van der Waals surface area contributed by atoms with Gasteiger partial charge in [-0.3, -0.25) is 0 Å².